The molecule has 8 nitrogen and oxygen atoms in total. The molecule has 33 heavy (non-hydrogen) atoms. The van der Waals surface area contributed by atoms with Gasteiger partial charge in [0, 0.05) is 24.4 Å². The van der Waals surface area contributed by atoms with Crippen molar-refractivity contribution in [3.8, 4) is 17.4 Å². The maximum atomic E-state index is 13.5. The van der Waals surface area contributed by atoms with Gasteiger partial charge in [0.05, 0.1) is 14.2 Å². The van der Waals surface area contributed by atoms with E-state index >= 15 is 0 Å². The van der Waals surface area contributed by atoms with E-state index in [-0.39, 0.29) is 23.5 Å². The number of methoxy groups -OCH3 is 2. The topological polar surface area (TPSA) is 95.0 Å². The van der Waals surface area contributed by atoms with Crippen LogP contribution in [-0.2, 0) is 0 Å². The molecule has 2 aromatic rings. The maximum Gasteiger partial charge on any atom is 0.334 e. The van der Waals surface area contributed by atoms with Crippen molar-refractivity contribution in [2.24, 2.45) is 4.99 Å². The Morgan fingerprint density at radius 2 is 1.52 bits per heavy atom. The lowest BCUT2D eigenvalue weighted by molar-refractivity contribution is 0.271. The van der Waals surface area contributed by atoms with Gasteiger partial charge in [0.25, 0.3) is 5.56 Å². The summed E-state index contributed by atoms with van der Waals surface area (Å²) in [6.45, 7) is 0. The third kappa shape index (κ3) is 4.70. The van der Waals surface area contributed by atoms with Crippen LogP contribution in [0.1, 0.15) is 81.9 Å². The van der Waals surface area contributed by atoms with Crippen molar-refractivity contribution in [1.29, 1.82) is 0 Å². The van der Waals surface area contributed by atoms with Gasteiger partial charge in [-0.2, -0.15) is 0 Å². The van der Waals surface area contributed by atoms with Gasteiger partial charge in [-0.3, -0.25) is 18.9 Å². The van der Waals surface area contributed by atoms with E-state index in [9.17, 15) is 14.7 Å². The number of nitrogens with zero attached hydrogens (tertiary/aromatic N) is 3. The number of hydrogen-bond donors (Lipinski definition) is 1. The van der Waals surface area contributed by atoms with Gasteiger partial charge >= 0.3 is 5.69 Å². The zero-order chi connectivity index (χ0) is 23.4. The summed E-state index contributed by atoms with van der Waals surface area (Å²) in [7, 11) is 3.10. The monoisotopic (exact) mass is 455 g/mol. The van der Waals surface area contributed by atoms with E-state index in [0.29, 0.717) is 17.2 Å². The molecule has 2 saturated carbocycles. The van der Waals surface area contributed by atoms with Gasteiger partial charge in [-0.25, -0.2) is 4.79 Å². The molecule has 1 aromatic carbocycles. The quantitative estimate of drug-likeness (QED) is 0.648. The molecule has 0 atom stereocenters. The first-order chi connectivity index (χ1) is 16.0. The highest BCUT2D eigenvalue weighted by atomic mass is 16.5. The smallest absolute Gasteiger partial charge is 0.334 e. The SMILES string of the molecule is COc1ccc(OC)c(N=Cc2c(O)n(C3CCCCC3)c(=O)n(C3CCCCC3)c2=O)c1. The summed E-state index contributed by atoms with van der Waals surface area (Å²) in [5, 5.41) is 11.1. The Kier molecular flexibility index (Phi) is 7.20. The van der Waals surface area contributed by atoms with Crippen LogP contribution in [0, 0.1) is 0 Å². The summed E-state index contributed by atoms with van der Waals surface area (Å²) in [6.07, 6.45) is 10.8. The number of aromatic nitrogens is 2. The number of rotatable bonds is 6. The first-order valence-electron chi connectivity index (χ1n) is 11.9. The van der Waals surface area contributed by atoms with Crippen molar-refractivity contribution in [3.05, 3.63) is 44.6 Å². The number of benzene rings is 1. The summed E-state index contributed by atoms with van der Waals surface area (Å²) in [6, 6.07) is 4.93. The molecule has 2 aliphatic carbocycles. The van der Waals surface area contributed by atoms with E-state index in [4.69, 9.17) is 9.47 Å². The minimum atomic E-state index is -0.484. The second-order valence-electron chi connectivity index (χ2n) is 8.94. The van der Waals surface area contributed by atoms with Crippen LogP contribution in [0.3, 0.4) is 0 Å². The average Bonchev–Trinajstić information content (AvgIpc) is 2.85. The lowest BCUT2D eigenvalue weighted by Crippen LogP contribution is -2.45. The van der Waals surface area contributed by atoms with Crippen LogP contribution in [-0.4, -0.2) is 34.7 Å². The van der Waals surface area contributed by atoms with Crippen LogP contribution in [0.25, 0.3) is 0 Å². The van der Waals surface area contributed by atoms with Crippen molar-refractivity contribution >= 4 is 11.9 Å². The highest BCUT2D eigenvalue weighted by molar-refractivity contribution is 5.85. The molecule has 1 heterocycles. The summed E-state index contributed by atoms with van der Waals surface area (Å²) >= 11 is 0. The van der Waals surface area contributed by atoms with Gasteiger partial charge in [-0.15, -0.1) is 0 Å². The van der Waals surface area contributed by atoms with E-state index in [0.717, 1.165) is 64.2 Å². The molecule has 0 spiro atoms. The summed E-state index contributed by atoms with van der Waals surface area (Å²) < 4.78 is 13.5. The molecular formula is C25H33N3O5. The van der Waals surface area contributed by atoms with E-state index < -0.39 is 11.2 Å². The van der Waals surface area contributed by atoms with Crippen molar-refractivity contribution in [2.75, 3.05) is 14.2 Å². The van der Waals surface area contributed by atoms with Gasteiger partial charge < -0.3 is 14.6 Å². The standard InChI is InChI=1S/C25H33N3O5/c1-32-19-13-14-22(33-2)21(15-19)26-16-20-23(29)27(17-9-5-3-6-10-17)25(31)28(24(20)30)18-11-7-4-8-12-18/h13-18,29H,3-12H2,1-2H3. The number of hydrogen-bond acceptors (Lipinski definition) is 6. The second kappa shape index (κ2) is 10.3. The fourth-order valence-corrected chi connectivity index (χ4v) is 5.12. The predicted octanol–water partition coefficient (Wildman–Crippen LogP) is 4.49. The molecule has 0 unspecified atom stereocenters. The molecule has 0 aliphatic heterocycles. The van der Waals surface area contributed by atoms with Crippen LogP contribution >= 0.6 is 0 Å². The Balaban J connectivity index is 1.86. The molecule has 0 bridgehead atoms. The lowest BCUT2D eigenvalue weighted by Gasteiger charge is -2.29. The van der Waals surface area contributed by atoms with Crippen LogP contribution in [0.4, 0.5) is 5.69 Å². The Bertz CT molecular complexity index is 1120. The lowest BCUT2D eigenvalue weighted by atomic mass is 9.94. The highest BCUT2D eigenvalue weighted by Crippen LogP contribution is 2.33. The number of aromatic hydroxyl groups is 1. The summed E-state index contributed by atoms with van der Waals surface area (Å²) in [5.41, 5.74) is -0.375. The van der Waals surface area contributed by atoms with Gasteiger partial charge in [0.2, 0.25) is 5.88 Å². The molecule has 2 fully saturated rings. The molecular weight excluding hydrogens is 422 g/mol. The first-order valence-corrected chi connectivity index (χ1v) is 11.9. The zero-order valence-corrected chi connectivity index (χ0v) is 19.5. The van der Waals surface area contributed by atoms with Crippen molar-refractivity contribution in [3.63, 3.8) is 0 Å². The largest absolute Gasteiger partial charge is 0.497 e. The third-order valence-electron chi connectivity index (χ3n) is 6.93. The Morgan fingerprint density at radius 3 is 2.09 bits per heavy atom. The first kappa shape index (κ1) is 23.1. The van der Waals surface area contributed by atoms with E-state index in [2.05, 4.69) is 4.99 Å². The van der Waals surface area contributed by atoms with E-state index in [1.165, 1.54) is 22.5 Å². The summed E-state index contributed by atoms with van der Waals surface area (Å²) in [5.74, 6) is 0.813. The van der Waals surface area contributed by atoms with Gasteiger partial charge in [0.1, 0.15) is 22.7 Å². The maximum absolute atomic E-state index is 13.5. The Hall–Kier alpha value is -3.03. The zero-order valence-electron chi connectivity index (χ0n) is 19.5. The van der Waals surface area contributed by atoms with Gasteiger partial charge in [-0.1, -0.05) is 38.5 Å². The molecule has 8 heteroatoms. The van der Waals surface area contributed by atoms with Crippen LogP contribution in [0.15, 0.2) is 32.8 Å². The molecule has 1 N–H and O–H groups in total. The fourth-order valence-electron chi connectivity index (χ4n) is 5.12. The predicted molar refractivity (Wildman–Crippen MR) is 128 cm³/mol. The Morgan fingerprint density at radius 1 is 0.909 bits per heavy atom. The van der Waals surface area contributed by atoms with Crippen LogP contribution < -0.4 is 20.7 Å². The number of aliphatic imine (C=N–C) groups is 1. The molecule has 0 saturated heterocycles. The molecule has 1 aromatic heterocycles. The van der Waals surface area contributed by atoms with E-state index in [1.54, 1.807) is 25.3 Å². The van der Waals surface area contributed by atoms with Crippen LogP contribution in [0.2, 0.25) is 0 Å². The molecule has 2 aliphatic rings. The second-order valence-corrected chi connectivity index (χ2v) is 8.94. The molecule has 4 rings (SSSR count). The normalized spacial score (nSPS) is 18.0. The minimum Gasteiger partial charge on any atom is -0.497 e. The van der Waals surface area contributed by atoms with Crippen molar-refractivity contribution in [2.45, 2.75) is 76.3 Å². The van der Waals surface area contributed by atoms with Crippen molar-refractivity contribution < 1.29 is 14.6 Å². The van der Waals surface area contributed by atoms with E-state index in [1.807, 2.05) is 0 Å². The molecule has 178 valence electrons. The molecule has 0 radical (unpaired) electrons. The van der Waals surface area contributed by atoms with Crippen LogP contribution in [0.5, 0.6) is 17.4 Å². The Labute approximate surface area is 193 Å². The van der Waals surface area contributed by atoms with Crippen molar-refractivity contribution in [1.82, 2.24) is 9.13 Å². The van der Waals surface area contributed by atoms with Gasteiger partial charge in [0.15, 0.2) is 0 Å². The van der Waals surface area contributed by atoms with Gasteiger partial charge in [-0.05, 0) is 37.8 Å². The average molecular weight is 456 g/mol. The summed E-state index contributed by atoms with van der Waals surface area (Å²) in [4.78, 5) is 31.5. The number of ether oxygens (including phenoxy) is 2. The fraction of sp³-hybridized carbons (Fsp3) is 0.560. The molecule has 0 amide bonds. The third-order valence-corrected chi connectivity index (χ3v) is 6.93. The minimum absolute atomic E-state index is 0.0376. The highest BCUT2D eigenvalue weighted by Gasteiger charge is 2.28.